The van der Waals surface area contributed by atoms with E-state index in [-0.39, 0.29) is 0 Å². The molecule has 2 rings (SSSR count). The van der Waals surface area contributed by atoms with Crippen LogP contribution in [-0.2, 0) is 0 Å². The van der Waals surface area contributed by atoms with Gasteiger partial charge < -0.3 is 10.1 Å². The average Bonchev–Trinajstić information content (AvgIpc) is 2.40. The molecule has 0 aliphatic heterocycles. The molecular formula is C14H13BrClNO. The van der Waals surface area contributed by atoms with Crippen LogP contribution in [0.15, 0.2) is 53.0 Å². The third-order valence-electron chi connectivity index (χ3n) is 2.36. The number of benzene rings is 2. The molecule has 0 amide bonds. The van der Waals surface area contributed by atoms with Gasteiger partial charge in [-0.15, -0.1) is 0 Å². The first kappa shape index (κ1) is 13.2. The largest absolute Gasteiger partial charge is 0.492 e. The first-order chi connectivity index (χ1) is 8.75. The van der Waals surface area contributed by atoms with Crippen molar-refractivity contribution in [2.24, 2.45) is 0 Å². The molecule has 1 N–H and O–H groups in total. The molecule has 0 atom stereocenters. The van der Waals surface area contributed by atoms with Crippen LogP contribution in [0.4, 0.5) is 5.69 Å². The monoisotopic (exact) mass is 325 g/mol. The van der Waals surface area contributed by atoms with Gasteiger partial charge in [0.15, 0.2) is 0 Å². The highest BCUT2D eigenvalue weighted by Crippen LogP contribution is 2.25. The van der Waals surface area contributed by atoms with Crippen LogP contribution >= 0.6 is 27.5 Å². The van der Waals surface area contributed by atoms with Gasteiger partial charge in [-0.3, -0.25) is 0 Å². The van der Waals surface area contributed by atoms with E-state index in [4.69, 9.17) is 16.3 Å². The van der Waals surface area contributed by atoms with Crippen molar-refractivity contribution in [2.45, 2.75) is 0 Å². The van der Waals surface area contributed by atoms with E-state index in [1.165, 1.54) is 0 Å². The fourth-order valence-electron chi connectivity index (χ4n) is 1.49. The van der Waals surface area contributed by atoms with E-state index < -0.39 is 0 Å². The summed E-state index contributed by atoms with van der Waals surface area (Å²) in [6.07, 6.45) is 0. The number of halogens is 2. The molecule has 0 bridgehead atoms. The molecule has 2 aromatic rings. The first-order valence-electron chi connectivity index (χ1n) is 5.62. The summed E-state index contributed by atoms with van der Waals surface area (Å²) < 4.78 is 6.47. The lowest BCUT2D eigenvalue weighted by Gasteiger charge is -2.09. The lowest BCUT2D eigenvalue weighted by molar-refractivity contribution is 0.333. The molecule has 2 nitrogen and oxygen atoms in total. The predicted molar refractivity (Wildman–Crippen MR) is 79.6 cm³/mol. The van der Waals surface area contributed by atoms with Gasteiger partial charge in [0.25, 0.3) is 0 Å². The van der Waals surface area contributed by atoms with E-state index in [2.05, 4.69) is 21.2 Å². The van der Waals surface area contributed by atoms with Crippen LogP contribution in [0.5, 0.6) is 5.75 Å². The molecule has 0 aliphatic carbocycles. The Morgan fingerprint density at radius 3 is 2.61 bits per heavy atom. The second-order valence-electron chi connectivity index (χ2n) is 3.72. The van der Waals surface area contributed by atoms with E-state index in [0.29, 0.717) is 11.6 Å². The van der Waals surface area contributed by atoms with Gasteiger partial charge in [-0.05, 0) is 46.3 Å². The minimum atomic E-state index is 0.615. The van der Waals surface area contributed by atoms with Crippen molar-refractivity contribution in [1.82, 2.24) is 0 Å². The minimum absolute atomic E-state index is 0.615. The van der Waals surface area contributed by atoms with Crippen molar-refractivity contribution in [2.75, 3.05) is 18.5 Å². The van der Waals surface area contributed by atoms with Gasteiger partial charge >= 0.3 is 0 Å². The normalized spacial score (nSPS) is 10.1. The minimum Gasteiger partial charge on any atom is -0.492 e. The number of nitrogens with one attached hydrogen (secondary N) is 1. The van der Waals surface area contributed by atoms with Crippen LogP contribution in [-0.4, -0.2) is 13.2 Å². The zero-order chi connectivity index (χ0) is 12.8. The fraction of sp³-hybridized carbons (Fsp3) is 0.143. The van der Waals surface area contributed by atoms with Crippen molar-refractivity contribution in [1.29, 1.82) is 0 Å². The summed E-state index contributed by atoms with van der Waals surface area (Å²) in [4.78, 5) is 0. The maximum atomic E-state index is 5.92. The van der Waals surface area contributed by atoms with Crippen molar-refractivity contribution >= 4 is 33.2 Å². The SMILES string of the molecule is Clc1ccc(NCCOc2ccccc2)cc1Br. The van der Waals surface area contributed by atoms with Crippen LogP contribution in [0.25, 0.3) is 0 Å². The molecule has 0 aromatic heterocycles. The van der Waals surface area contributed by atoms with Gasteiger partial charge in [-0.1, -0.05) is 29.8 Å². The van der Waals surface area contributed by atoms with Crippen LogP contribution < -0.4 is 10.1 Å². The zero-order valence-corrected chi connectivity index (χ0v) is 12.0. The Morgan fingerprint density at radius 2 is 1.89 bits per heavy atom. The average molecular weight is 327 g/mol. The summed E-state index contributed by atoms with van der Waals surface area (Å²) in [6, 6.07) is 15.5. The van der Waals surface area contributed by atoms with E-state index in [0.717, 1.165) is 22.5 Å². The smallest absolute Gasteiger partial charge is 0.119 e. The Balaban J connectivity index is 1.77. The summed E-state index contributed by atoms with van der Waals surface area (Å²) in [6.45, 7) is 1.35. The number of rotatable bonds is 5. The summed E-state index contributed by atoms with van der Waals surface area (Å²) in [5.74, 6) is 0.886. The van der Waals surface area contributed by atoms with Crippen molar-refractivity contribution in [3.8, 4) is 5.75 Å². The van der Waals surface area contributed by atoms with E-state index in [9.17, 15) is 0 Å². The van der Waals surface area contributed by atoms with Crippen molar-refractivity contribution < 1.29 is 4.74 Å². The van der Waals surface area contributed by atoms with Crippen LogP contribution in [0.1, 0.15) is 0 Å². The Kier molecular flexibility index (Phi) is 4.90. The maximum absolute atomic E-state index is 5.92. The third kappa shape index (κ3) is 3.93. The number of hydrogen-bond acceptors (Lipinski definition) is 2. The Bertz CT molecular complexity index is 504. The fourth-order valence-corrected chi connectivity index (χ4v) is 1.98. The molecule has 0 saturated carbocycles. The van der Waals surface area contributed by atoms with Gasteiger partial charge in [0.2, 0.25) is 0 Å². The number of anilines is 1. The maximum Gasteiger partial charge on any atom is 0.119 e. The molecule has 0 fully saturated rings. The highest BCUT2D eigenvalue weighted by molar-refractivity contribution is 9.10. The highest BCUT2D eigenvalue weighted by Gasteiger charge is 1.98. The topological polar surface area (TPSA) is 21.3 Å². The van der Waals surface area contributed by atoms with E-state index >= 15 is 0 Å². The van der Waals surface area contributed by atoms with Gasteiger partial charge in [0.1, 0.15) is 12.4 Å². The lowest BCUT2D eigenvalue weighted by Crippen LogP contribution is -2.11. The molecule has 4 heteroatoms. The molecule has 0 unspecified atom stereocenters. The van der Waals surface area contributed by atoms with Crippen molar-refractivity contribution in [3.05, 3.63) is 58.0 Å². The molecule has 94 valence electrons. The lowest BCUT2D eigenvalue weighted by atomic mass is 10.3. The molecule has 2 aromatic carbocycles. The van der Waals surface area contributed by atoms with Crippen LogP contribution in [0.2, 0.25) is 5.02 Å². The third-order valence-corrected chi connectivity index (χ3v) is 3.58. The summed E-state index contributed by atoms with van der Waals surface area (Å²) in [5, 5.41) is 3.98. The Morgan fingerprint density at radius 1 is 1.11 bits per heavy atom. The van der Waals surface area contributed by atoms with Crippen LogP contribution in [0, 0.1) is 0 Å². The second kappa shape index (κ2) is 6.66. The second-order valence-corrected chi connectivity index (χ2v) is 4.98. The first-order valence-corrected chi connectivity index (χ1v) is 6.79. The zero-order valence-electron chi connectivity index (χ0n) is 9.70. The molecule has 0 heterocycles. The predicted octanol–water partition coefficient (Wildman–Crippen LogP) is 4.59. The molecule has 0 aliphatic rings. The van der Waals surface area contributed by atoms with Crippen molar-refractivity contribution in [3.63, 3.8) is 0 Å². The number of hydrogen-bond donors (Lipinski definition) is 1. The quantitative estimate of drug-likeness (QED) is 0.811. The Labute approximate surface area is 120 Å². The number of para-hydroxylation sites is 1. The van der Waals surface area contributed by atoms with E-state index in [1.54, 1.807) is 0 Å². The molecule has 0 radical (unpaired) electrons. The van der Waals surface area contributed by atoms with Gasteiger partial charge in [-0.25, -0.2) is 0 Å². The number of ether oxygens (including phenoxy) is 1. The summed E-state index contributed by atoms with van der Waals surface area (Å²) in [5.41, 5.74) is 1.02. The molecule has 0 saturated heterocycles. The van der Waals surface area contributed by atoms with Crippen LogP contribution in [0.3, 0.4) is 0 Å². The summed E-state index contributed by atoms with van der Waals surface area (Å²) in [7, 11) is 0. The standard InChI is InChI=1S/C14H13BrClNO/c15-13-10-11(6-7-14(13)16)17-8-9-18-12-4-2-1-3-5-12/h1-7,10,17H,8-9H2. The molecule has 0 spiro atoms. The van der Waals surface area contributed by atoms with E-state index in [1.807, 2.05) is 48.5 Å². The van der Waals surface area contributed by atoms with Gasteiger partial charge in [0, 0.05) is 16.7 Å². The highest BCUT2D eigenvalue weighted by atomic mass is 79.9. The summed E-state index contributed by atoms with van der Waals surface area (Å²) >= 11 is 9.31. The Hall–Kier alpha value is -1.19. The van der Waals surface area contributed by atoms with Gasteiger partial charge in [-0.2, -0.15) is 0 Å². The molecular weight excluding hydrogens is 314 g/mol. The molecule has 18 heavy (non-hydrogen) atoms. The van der Waals surface area contributed by atoms with Gasteiger partial charge in [0.05, 0.1) is 5.02 Å².